The van der Waals surface area contributed by atoms with Crippen molar-refractivity contribution >= 4 is 15.7 Å². The number of phenols is 1. The molecule has 0 aliphatic rings. The van der Waals surface area contributed by atoms with Gasteiger partial charge in [0.15, 0.2) is 0 Å². The molecule has 1 atom stereocenters. The van der Waals surface area contributed by atoms with E-state index in [4.69, 9.17) is 0 Å². The van der Waals surface area contributed by atoms with Crippen molar-refractivity contribution in [3.05, 3.63) is 59.7 Å². The van der Waals surface area contributed by atoms with Crippen LogP contribution in [0.2, 0.25) is 0 Å². The largest absolute Gasteiger partial charge is 0.506 e. The first-order valence-electron chi connectivity index (χ1n) is 6.72. The Labute approximate surface area is 125 Å². The van der Waals surface area contributed by atoms with Crippen molar-refractivity contribution in [2.45, 2.75) is 19.8 Å². The summed E-state index contributed by atoms with van der Waals surface area (Å²) in [5.74, 6) is -0.239. The van der Waals surface area contributed by atoms with Crippen LogP contribution in [0.5, 0.6) is 5.75 Å². The molecule has 0 spiro atoms. The minimum atomic E-state index is -3.53. The fraction of sp³-hybridized carbons (Fsp3) is 0.250. The fourth-order valence-electron chi connectivity index (χ4n) is 2.15. The van der Waals surface area contributed by atoms with E-state index in [1.165, 1.54) is 6.07 Å². The maximum Gasteiger partial charge on any atom is 0.233 e. The molecule has 0 bridgehead atoms. The topological polar surface area (TPSA) is 66.4 Å². The molecule has 0 fully saturated rings. The van der Waals surface area contributed by atoms with Crippen LogP contribution in [0.4, 0.5) is 5.69 Å². The lowest BCUT2D eigenvalue weighted by Crippen LogP contribution is -2.20. The second kappa shape index (κ2) is 6.18. The Morgan fingerprint density at radius 3 is 2.48 bits per heavy atom. The Kier molecular flexibility index (Phi) is 4.53. The molecular formula is C16H19NO3S. The van der Waals surface area contributed by atoms with E-state index in [2.05, 4.69) is 4.72 Å². The molecule has 0 amide bonds. The molecule has 0 saturated carbocycles. The van der Waals surface area contributed by atoms with Gasteiger partial charge in [0.2, 0.25) is 10.0 Å². The van der Waals surface area contributed by atoms with Gasteiger partial charge >= 0.3 is 0 Å². The third-order valence-corrected chi connectivity index (χ3v) is 4.73. The van der Waals surface area contributed by atoms with E-state index in [0.717, 1.165) is 11.1 Å². The average Bonchev–Trinajstić information content (AvgIpc) is 2.43. The van der Waals surface area contributed by atoms with E-state index < -0.39 is 10.0 Å². The van der Waals surface area contributed by atoms with E-state index in [-0.39, 0.29) is 23.1 Å². The zero-order chi connectivity index (χ0) is 15.5. The number of anilines is 1. The summed E-state index contributed by atoms with van der Waals surface area (Å²) >= 11 is 0. The minimum absolute atomic E-state index is 0.0373. The van der Waals surface area contributed by atoms with Crippen molar-refractivity contribution in [3.63, 3.8) is 0 Å². The first kappa shape index (κ1) is 15.4. The Bertz CT molecular complexity index is 712. The molecule has 1 unspecified atom stereocenters. The van der Waals surface area contributed by atoms with Crippen molar-refractivity contribution in [1.29, 1.82) is 0 Å². The van der Waals surface area contributed by atoms with Gasteiger partial charge in [-0.05, 0) is 36.1 Å². The number of benzene rings is 2. The monoisotopic (exact) mass is 305 g/mol. The molecule has 2 aromatic rings. The molecule has 112 valence electrons. The number of nitrogens with one attached hydrogen (secondary N) is 1. The molecule has 5 heteroatoms. The lowest BCUT2D eigenvalue weighted by molar-refractivity contribution is 0.477. The maximum absolute atomic E-state index is 12.2. The van der Waals surface area contributed by atoms with Crippen LogP contribution in [0.15, 0.2) is 48.5 Å². The average molecular weight is 305 g/mol. The summed E-state index contributed by atoms with van der Waals surface area (Å²) in [5.41, 5.74) is 2.06. The van der Waals surface area contributed by atoms with E-state index in [1.54, 1.807) is 12.1 Å². The fourth-order valence-corrected chi connectivity index (χ4v) is 3.58. The summed E-state index contributed by atoms with van der Waals surface area (Å²) < 4.78 is 26.9. The quantitative estimate of drug-likeness (QED) is 0.833. The van der Waals surface area contributed by atoms with Gasteiger partial charge in [-0.25, -0.2) is 8.42 Å². The van der Waals surface area contributed by atoms with Gasteiger partial charge in [-0.15, -0.1) is 0 Å². The van der Waals surface area contributed by atoms with Crippen molar-refractivity contribution in [1.82, 2.24) is 0 Å². The smallest absolute Gasteiger partial charge is 0.233 e. The number of aromatic hydroxyl groups is 1. The Morgan fingerprint density at radius 2 is 1.81 bits per heavy atom. The first-order valence-corrected chi connectivity index (χ1v) is 8.37. The van der Waals surface area contributed by atoms with Crippen LogP contribution in [0, 0.1) is 6.92 Å². The van der Waals surface area contributed by atoms with Gasteiger partial charge in [0.25, 0.3) is 0 Å². The van der Waals surface area contributed by atoms with Crippen molar-refractivity contribution in [2.75, 3.05) is 10.5 Å². The second-order valence-corrected chi connectivity index (χ2v) is 6.98. The van der Waals surface area contributed by atoms with E-state index in [0.29, 0.717) is 0 Å². The Morgan fingerprint density at radius 1 is 1.14 bits per heavy atom. The van der Waals surface area contributed by atoms with E-state index in [1.807, 2.05) is 44.2 Å². The van der Waals surface area contributed by atoms with Gasteiger partial charge in [0, 0.05) is 0 Å². The molecule has 2 N–H and O–H groups in total. The molecule has 21 heavy (non-hydrogen) atoms. The lowest BCUT2D eigenvalue weighted by Gasteiger charge is -2.14. The molecule has 0 aliphatic heterocycles. The molecule has 4 nitrogen and oxygen atoms in total. The summed E-state index contributed by atoms with van der Waals surface area (Å²) in [6.45, 7) is 3.70. The summed E-state index contributed by atoms with van der Waals surface area (Å²) in [6.07, 6.45) is 0. The highest BCUT2D eigenvalue weighted by molar-refractivity contribution is 7.92. The zero-order valence-electron chi connectivity index (χ0n) is 12.1. The van der Waals surface area contributed by atoms with Gasteiger partial charge in [-0.2, -0.15) is 0 Å². The van der Waals surface area contributed by atoms with Gasteiger partial charge in [-0.3, -0.25) is 4.72 Å². The highest BCUT2D eigenvalue weighted by Gasteiger charge is 2.18. The summed E-state index contributed by atoms with van der Waals surface area (Å²) in [4.78, 5) is 0. The van der Waals surface area contributed by atoms with Gasteiger partial charge in [-0.1, -0.05) is 43.3 Å². The van der Waals surface area contributed by atoms with Crippen molar-refractivity contribution in [3.8, 4) is 5.75 Å². The van der Waals surface area contributed by atoms with Gasteiger partial charge in [0.05, 0.1) is 11.4 Å². The highest BCUT2D eigenvalue weighted by Crippen LogP contribution is 2.26. The molecule has 2 rings (SSSR count). The first-order chi connectivity index (χ1) is 9.87. The maximum atomic E-state index is 12.2. The van der Waals surface area contributed by atoms with Crippen LogP contribution in [-0.2, 0) is 10.0 Å². The zero-order valence-corrected chi connectivity index (χ0v) is 12.9. The normalized spacial score (nSPS) is 12.9. The molecule has 0 radical (unpaired) electrons. The molecule has 2 aromatic carbocycles. The number of rotatable bonds is 5. The molecule has 0 aromatic heterocycles. The third-order valence-electron chi connectivity index (χ3n) is 3.26. The van der Waals surface area contributed by atoms with Crippen LogP contribution in [0.1, 0.15) is 24.0 Å². The number of hydrogen-bond donors (Lipinski definition) is 2. The number of sulfonamides is 1. The van der Waals surface area contributed by atoms with Crippen LogP contribution in [0.25, 0.3) is 0 Å². The van der Waals surface area contributed by atoms with Crippen LogP contribution >= 0.6 is 0 Å². The molecule has 0 heterocycles. The van der Waals surface area contributed by atoms with Crippen LogP contribution in [-0.4, -0.2) is 19.3 Å². The number of hydrogen-bond acceptors (Lipinski definition) is 3. The van der Waals surface area contributed by atoms with Crippen molar-refractivity contribution < 1.29 is 13.5 Å². The highest BCUT2D eigenvalue weighted by atomic mass is 32.2. The molecule has 0 saturated heterocycles. The van der Waals surface area contributed by atoms with Gasteiger partial charge < -0.3 is 5.11 Å². The molecule has 0 aliphatic carbocycles. The van der Waals surface area contributed by atoms with Gasteiger partial charge in [0.1, 0.15) is 5.75 Å². The predicted octanol–water partition coefficient (Wildman–Crippen LogP) is 3.25. The summed E-state index contributed by atoms with van der Waals surface area (Å²) in [7, 11) is -3.53. The summed E-state index contributed by atoms with van der Waals surface area (Å²) in [6, 6.07) is 14.3. The molecular weight excluding hydrogens is 286 g/mol. The van der Waals surface area contributed by atoms with Crippen molar-refractivity contribution in [2.24, 2.45) is 0 Å². The number of aryl methyl sites for hydroxylation is 1. The lowest BCUT2D eigenvalue weighted by atomic mass is 10.0. The second-order valence-electron chi connectivity index (χ2n) is 5.22. The standard InChI is InChI=1S/C16H19NO3S/c1-12-8-9-16(18)15(10-12)17-21(19,20)11-13(2)14-6-4-3-5-7-14/h3-10,13,17-18H,11H2,1-2H3. The Balaban J connectivity index is 2.14. The van der Waals surface area contributed by atoms with Crippen LogP contribution < -0.4 is 4.72 Å². The Hall–Kier alpha value is -2.01. The summed E-state index contributed by atoms with van der Waals surface area (Å²) in [5, 5.41) is 9.72. The third kappa shape index (κ3) is 4.23. The minimum Gasteiger partial charge on any atom is -0.506 e. The van der Waals surface area contributed by atoms with E-state index in [9.17, 15) is 13.5 Å². The number of phenolic OH excluding ortho intramolecular Hbond substituents is 1. The van der Waals surface area contributed by atoms with Crippen LogP contribution in [0.3, 0.4) is 0 Å². The SMILES string of the molecule is Cc1ccc(O)c(NS(=O)(=O)CC(C)c2ccccc2)c1. The predicted molar refractivity (Wildman–Crippen MR) is 85.1 cm³/mol. The van der Waals surface area contributed by atoms with E-state index >= 15 is 0 Å².